The molecule has 0 saturated heterocycles. The summed E-state index contributed by atoms with van der Waals surface area (Å²) in [4.78, 5) is 29.9. The van der Waals surface area contributed by atoms with Gasteiger partial charge in [0.25, 0.3) is 10.0 Å². The van der Waals surface area contributed by atoms with Gasteiger partial charge in [0.2, 0.25) is 11.8 Å². The lowest BCUT2D eigenvalue weighted by atomic mass is 10.0. The molecule has 0 heterocycles. The predicted molar refractivity (Wildman–Crippen MR) is 188 cm³/mol. The zero-order valence-electron chi connectivity index (χ0n) is 26.2. The molecule has 2 atom stereocenters. The largest absolute Gasteiger partial charge is 0.495 e. The average Bonchev–Trinajstić information content (AvgIpc) is 3.06. The van der Waals surface area contributed by atoms with Crippen molar-refractivity contribution in [2.24, 2.45) is 0 Å². The van der Waals surface area contributed by atoms with Gasteiger partial charge in [0.1, 0.15) is 18.3 Å². The van der Waals surface area contributed by atoms with Crippen LogP contribution in [0.25, 0.3) is 0 Å². The molecule has 0 aliphatic rings. The Kier molecular flexibility index (Phi) is 12.6. The number of carbonyl (C=O) groups is 2. The van der Waals surface area contributed by atoms with Crippen LogP contribution < -0.4 is 14.4 Å². The molecule has 4 aromatic rings. The summed E-state index contributed by atoms with van der Waals surface area (Å²) in [6.07, 6.45) is 0.835. The number of nitrogens with zero attached hydrogens (tertiary/aromatic N) is 2. The van der Waals surface area contributed by atoms with Crippen molar-refractivity contribution in [2.75, 3.05) is 18.0 Å². The number of sulfonamides is 1. The lowest BCUT2D eigenvalue weighted by molar-refractivity contribution is -0.140. The van der Waals surface area contributed by atoms with E-state index in [-0.39, 0.29) is 40.5 Å². The summed E-state index contributed by atoms with van der Waals surface area (Å²) in [5.41, 5.74) is 1.48. The summed E-state index contributed by atoms with van der Waals surface area (Å²) in [5.74, 6) is -0.684. The molecule has 2 amide bonds. The third kappa shape index (κ3) is 9.20. The Balaban J connectivity index is 1.84. The minimum absolute atomic E-state index is 0.0256. The number of ether oxygens (including phenoxy) is 1. The fraction of sp³-hybridized carbons (Fsp3) is 0.257. The van der Waals surface area contributed by atoms with E-state index in [1.165, 1.54) is 42.3 Å². The van der Waals surface area contributed by atoms with E-state index < -0.39 is 28.5 Å². The van der Waals surface area contributed by atoms with Crippen LogP contribution in [0.1, 0.15) is 31.4 Å². The molecule has 12 heteroatoms. The molecule has 47 heavy (non-hydrogen) atoms. The molecule has 0 radical (unpaired) electrons. The molecule has 0 unspecified atom stereocenters. The van der Waals surface area contributed by atoms with Crippen molar-refractivity contribution in [3.8, 4) is 5.75 Å². The van der Waals surface area contributed by atoms with E-state index in [9.17, 15) is 18.0 Å². The number of anilines is 1. The molecule has 4 aromatic carbocycles. The molecule has 0 aliphatic heterocycles. The first-order valence-corrected chi connectivity index (χ1v) is 17.5. The van der Waals surface area contributed by atoms with Gasteiger partial charge in [-0.05, 0) is 66.9 Å². The zero-order valence-corrected chi connectivity index (χ0v) is 29.3. The van der Waals surface area contributed by atoms with Crippen molar-refractivity contribution >= 4 is 62.3 Å². The van der Waals surface area contributed by atoms with Gasteiger partial charge in [-0.15, -0.1) is 0 Å². The Bertz CT molecular complexity index is 1790. The van der Waals surface area contributed by atoms with Crippen molar-refractivity contribution in [3.05, 3.63) is 123 Å². The molecule has 1 N–H and O–H groups in total. The highest BCUT2D eigenvalue weighted by Crippen LogP contribution is 2.32. The highest BCUT2D eigenvalue weighted by molar-refractivity contribution is 7.92. The lowest BCUT2D eigenvalue weighted by Gasteiger charge is -2.34. The number of methoxy groups -OCH3 is 1. The average molecular weight is 717 g/mol. The first-order valence-electron chi connectivity index (χ1n) is 14.9. The normalized spacial score (nSPS) is 12.6. The van der Waals surface area contributed by atoms with Gasteiger partial charge in [0.15, 0.2) is 0 Å². The fourth-order valence-corrected chi connectivity index (χ4v) is 7.03. The van der Waals surface area contributed by atoms with Gasteiger partial charge in [0, 0.05) is 29.1 Å². The maximum absolute atomic E-state index is 14.6. The number of benzene rings is 4. The predicted octanol–water partition coefficient (Wildman–Crippen LogP) is 7.41. The van der Waals surface area contributed by atoms with E-state index in [2.05, 4.69) is 5.32 Å². The van der Waals surface area contributed by atoms with E-state index in [1.54, 1.807) is 36.4 Å². The molecule has 0 aromatic heterocycles. The summed E-state index contributed by atoms with van der Waals surface area (Å²) in [6.45, 7) is 3.08. The second-order valence-electron chi connectivity index (χ2n) is 10.9. The number of rotatable bonds is 14. The SMILES string of the molecule is CC[C@H](C)NC(=O)[C@@H](Cc1ccccc1)N(Cc1ccc(Cl)cc1Cl)C(=O)CN(c1ccc(OC)c(Cl)c1)S(=O)(=O)c1ccccc1. The molecular formula is C35H36Cl3N3O5S. The standard InChI is InChI=1S/C35H36Cl3N3O5S/c1-4-24(2)39-35(43)32(19-25-11-7-5-8-12-25)40(22-26-15-16-27(36)20-30(26)37)34(42)23-41(28-17-18-33(46-3)31(38)21-28)47(44,45)29-13-9-6-10-14-29/h5-18,20-21,24,32H,4,19,22-23H2,1-3H3,(H,39,43)/t24-,32+/m0/s1. The van der Waals surface area contributed by atoms with Gasteiger partial charge >= 0.3 is 0 Å². The van der Waals surface area contributed by atoms with Gasteiger partial charge in [-0.25, -0.2) is 8.42 Å². The number of hydrogen-bond acceptors (Lipinski definition) is 5. The van der Waals surface area contributed by atoms with E-state index in [0.717, 1.165) is 9.87 Å². The minimum atomic E-state index is -4.29. The van der Waals surface area contributed by atoms with E-state index >= 15 is 0 Å². The summed E-state index contributed by atoms with van der Waals surface area (Å²) < 4.78 is 34.6. The highest BCUT2D eigenvalue weighted by atomic mass is 35.5. The maximum atomic E-state index is 14.6. The molecule has 0 saturated carbocycles. The number of carbonyl (C=O) groups excluding carboxylic acids is 2. The zero-order chi connectivity index (χ0) is 34.1. The minimum Gasteiger partial charge on any atom is -0.495 e. The maximum Gasteiger partial charge on any atom is 0.264 e. The lowest BCUT2D eigenvalue weighted by Crippen LogP contribution is -2.54. The smallest absolute Gasteiger partial charge is 0.264 e. The monoisotopic (exact) mass is 715 g/mol. The summed E-state index contributed by atoms with van der Waals surface area (Å²) >= 11 is 19.2. The molecule has 0 aliphatic carbocycles. The number of hydrogen-bond donors (Lipinski definition) is 1. The molecule has 8 nitrogen and oxygen atoms in total. The van der Waals surface area contributed by atoms with Crippen LogP contribution in [0.2, 0.25) is 15.1 Å². The molecule has 248 valence electrons. The third-order valence-electron chi connectivity index (χ3n) is 7.66. The van der Waals surface area contributed by atoms with Crippen LogP contribution >= 0.6 is 34.8 Å². The Morgan fingerprint density at radius 3 is 2.13 bits per heavy atom. The number of halogens is 3. The first kappa shape index (κ1) is 36.1. The van der Waals surface area contributed by atoms with Crippen molar-refractivity contribution in [1.29, 1.82) is 0 Å². The Morgan fingerprint density at radius 2 is 1.53 bits per heavy atom. The van der Waals surface area contributed by atoms with Crippen molar-refractivity contribution in [1.82, 2.24) is 10.2 Å². The third-order valence-corrected chi connectivity index (χ3v) is 10.3. The Morgan fingerprint density at radius 1 is 0.872 bits per heavy atom. The topological polar surface area (TPSA) is 96.0 Å². The second kappa shape index (κ2) is 16.4. The molecule has 0 fully saturated rings. The summed E-state index contributed by atoms with van der Waals surface area (Å²) in [5, 5.41) is 3.87. The van der Waals surface area contributed by atoms with Crippen LogP contribution in [0, 0.1) is 0 Å². The summed E-state index contributed by atoms with van der Waals surface area (Å²) in [7, 11) is -2.85. The quantitative estimate of drug-likeness (QED) is 0.147. The molecule has 0 bridgehead atoms. The Hall–Kier alpha value is -3.76. The van der Waals surface area contributed by atoms with Gasteiger partial charge < -0.3 is 15.0 Å². The van der Waals surface area contributed by atoms with Crippen molar-refractivity contribution < 1.29 is 22.7 Å². The van der Waals surface area contributed by atoms with Crippen LogP contribution in [-0.2, 0) is 32.6 Å². The number of amides is 2. The van der Waals surface area contributed by atoms with Gasteiger partial charge in [-0.2, -0.15) is 0 Å². The highest BCUT2D eigenvalue weighted by Gasteiger charge is 2.35. The van der Waals surface area contributed by atoms with Gasteiger partial charge in [-0.3, -0.25) is 13.9 Å². The van der Waals surface area contributed by atoms with Crippen molar-refractivity contribution in [3.63, 3.8) is 0 Å². The first-order chi connectivity index (χ1) is 22.4. The number of nitrogens with one attached hydrogen (secondary N) is 1. The van der Waals surface area contributed by atoms with Gasteiger partial charge in [0.05, 0.1) is 22.7 Å². The van der Waals surface area contributed by atoms with E-state index in [0.29, 0.717) is 27.8 Å². The van der Waals surface area contributed by atoms with Crippen LogP contribution in [0.4, 0.5) is 5.69 Å². The molecular weight excluding hydrogens is 681 g/mol. The van der Waals surface area contributed by atoms with Crippen LogP contribution in [0.15, 0.2) is 102 Å². The van der Waals surface area contributed by atoms with Crippen LogP contribution in [0.5, 0.6) is 5.75 Å². The van der Waals surface area contributed by atoms with Gasteiger partial charge in [-0.1, -0.05) is 96.3 Å². The van der Waals surface area contributed by atoms with Crippen molar-refractivity contribution in [2.45, 2.75) is 50.2 Å². The fourth-order valence-electron chi connectivity index (χ4n) is 4.89. The second-order valence-corrected chi connectivity index (χ2v) is 14.0. The summed E-state index contributed by atoms with van der Waals surface area (Å²) in [6, 6.07) is 25.2. The van der Waals surface area contributed by atoms with E-state index in [1.807, 2.05) is 44.2 Å². The van der Waals surface area contributed by atoms with Crippen LogP contribution in [-0.4, -0.2) is 50.9 Å². The van der Waals surface area contributed by atoms with E-state index in [4.69, 9.17) is 39.5 Å². The Labute approximate surface area is 291 Å². The van der Waals surface area contributed by atoms with Crippen LogP contribution in [0.3, 0.4) is 0 Å². The molecule has 4 rings (SSSR count). The molecule has 0 spiro atoms.